The van der Waals surface area contributed by atoms with Crippen LogP contribution in [-0.2, 0) is 5.54 Å². The van der Waals surface area contributed by atoms with Gasteiger partial charge in [0.15, 0.2) is 0 Å². The number of ether oxygens (including phenoxy) is 2. The van der Waals surface area contributed by atoms with Gasteiger partial charge in [0, 0.05) is 33.9 Å². The minimum absolute atomic E-state index is 0.00423. The first-order valence-electron chi connectivity index (χ1n) is 11.9. The van der Waals surface area contributed by atoms with Crippen molar-refractivity contribution < 1.29 is 23.0 Å². The number of fused-ring (bicyclic) bond motifs is 10. The highest BCUT2D eigenvalue weighted by molar-refractivity contribution is 5.98. The lowest BCUT2D eigenvalue weighted by atomic mass is 9.88. The highest BCUT2D eigenvalue weighted by atomic mass is 19.3. The maximum Gasteiger partial charge on any atom is 0.387 e. The Hall–Kier alpha value is -4.12. The van der Waals surface area contributed by atoms with Crippen LogP contribution in [0.15, 0.2) is 36.7 Å². The topological polar surface area (TPSA) is 117 Å². The van der Waals surface area contributed by atoms with Crippen molar-refractivity contribution in [1.82, 2.24) is 24.9 Å². The molecule has 0 unspecified atom stereocenters. The van der Waals surface area contributed by atoms with E-state index in [1.165, 1.54) is 6.07 Å². The average Bonchev–Trinajstić information content (AvgIpc) is 3.45. The molecular weight excluding hydrogens is 482 g/mol. The quantitative estimate of drug-likeness (QED) is 0.438. The molecule has 188 valence electrons. The van der Waals surface area contributed by atoms with Gasteiger partial charge >= 0.3 is 6.61 Å². The lowest BCUT2D eigenvalue weighted by molar-refractivity contribution is -0.0505. The summed E-state index contributed by atoms with van der Waals surface area (Å²) in [6, 6.07) is 8.10. The number of halogens is 2. The molecule has 1 amide bonds. The van der Waals surface area contributed by atoms with Crippen molar-refractivity contribution in [2.24, 2.45) is 5.73 Å². The zero-order valence-corrected chi connectivity index (χ0v) is 20.0. The minimum atomic E-state index is -3.01. The fraction of sp³-hybridized carbons (Fsp3) is 0.308. The first kappa shape index (κ1) is 22.1. The van der Waals surface area contributed by atoms with E-state index in [2.05, 4.69) is 10.3 Å². The van der Waals surface area contributed by atoms with E-state index in [0.717, 1.165) is 22.3 Å². The van der Waals surface area contributed by atoms with E-state index >= 15 is 0 Å². The van der Waals surface area contributed by atoms with Gasteiger partial charge in [0.2, 0.25) is 0 Å². The Balaban J connectivity index is 1.40. The van der Waals surface area contributed by atoms with Crippen molar-refractivity contribution >= 4 is 11.4 Å². The van der Waals surface area contributed by atoms with Gasteiger partial charge in [0.05, 0.1) is 28.5 Å². The summed E-state index contributed by atoms with van der Waals surface area (Å²) in [6.07, 6.45) is 2.11. The molecule has 3 aliphatic rings. The molecule has 2 bridgehead atoms. The number of nitrogens with two attached hydrogens (primary N) is 1. The standard InChI is InChI=1S/C26H22F2N6O3/c1-11-13(7-19-23(31-11)26(2,29)9-36-19)15-8-17-21-14-6-16(22(21)33-34(17)10-30-15)32-24(35)12-4-3-5-18(20(12)14)37-25(27)28/h3-5,7-8,10,14,16,25H,6,9,29H2,1-2H3,(H,32,35)/t14-,16-,26-/m1/s1. The Bertz CT molecular complexity index is 1630. The number of hydrogen-bond donors (Lipinski definition) is 2. The predicted octanol–water partition coefficient (Wildman–Crippen LogP) is 3.59. The lowest BCUT2D eigenvalue weighted by Crippen LogP contribution is -2.35. The Morgan fingerprint density at radius 2 is 2.11 bits per heavy atom. The molecule has 2 aliphatic heterocycles. The Morgan fingerprint density at radius 3 is 2.92 bits per heavy atom. The van der Waals surface area contributed by atoms with E-state index in [9.17, 15) is 13.6 Å². The molecule has 4 aromatic rings. The van der Waals surface area contributed by atoms with Crippen molar-refractivity contribution in [1.29, 1.82) is 0 Å². The molecule has 1 aromatic carbocycles. The van der Waals surface area contributed by atoms with Gasteiger partial charge in [-0.05, 0) is 44.5 Å². The number of rotatable bonds is 3. The number of benzene rings is 1. The Kier molecular flexibility index (Phi) is 4.45. The van der Waals surface area contributed by atoms with E-state index in [0.29, 0.717) is 47.0 Å². The zero-order chi connectivity index (χ0) is 25.6. The van der Waals surface area contributed by atoms with Crippen LogP contribution >= 0.6 is 0 Å². The summed E-state index contributed by atoms with van der Waals surface area (Å²) >= 11 is 0. The van der Waals surface area contributed by atoms with Gasteiger partial charge < -0.3 is 20.5 Å². The van der Waals surface area contributed by atoms with Crippen LogP contribution in [0.25, 0.3) is 16.8 Å². The van der Waals surface area contributed by atoms with Crippen LogP contribution in [0.3, 0.4) is 0 Å². The van der Waals surface area contributed by atoms with E-state index in [1.807, 2.05) is 26.0 Å². The highest BCUT2D eigenvalue weighted by Crippen LogP contribution is 2.51. The average molecular weight is 504 g/mol. The molecule has 37 heavy (non-hydrogen) atoms. The summed E-state index contributed by atoms with van der Waals surface area (Å²) in [4.78, 5) is 22.3. The van der Waals surface area contributed by atoms with Crippen LogP contribution in [0.5, 0.6) is 11.5 Å². The molecule has 0 fully saturated rings. The van der Waals surface area contributed by atoms with Crippen LogP contribution in [-0.4, -0.2) is 38.7 Å². The number of nitrogens with zero attached hydrogens (tertiary/aromatic N) is 4. The lowest BCUT2D eigenvalue weighted by Gasteiger charge is -2.19. The third-order valence-corrected chi connectivity index (χ3v) is 7.45. The van der Waals surface area contributed by atoms with E-state index in [-0.39, 0.29) is 23.6 Å². The number of alkyl halides is 2. The van der Waals surface area contributed by atoms with Crippen molar-refractivity contribution in [3.63, 3.8) is 0 Å². The van der Waals surface area contributed by atoms with Crippen molar-refractivity contribution in [2.75, 3.05) is 6.61 Å². The number of aromatic nitrogens is 4. The third-order valence-electron chi connectivity index (χ3n) is 7.45. The molecular formula is C26H22F2N6O3. The molecule has 9 nitrogen and oxygen atoms in total. The predicted molar refractivity (Wildman–Crippen MR) is 128 cm³/mol. The van der Waals surface area contributed by atoms with E-state index in [4.69, 9.17) is 25.3 Å². The summed E-state index contributed by atoms with van der Waals surface area (Å²) in [7, 11) is 0. The normalized spacial score (nSPS) is 23.4. The van der Waals surface area contributed by atoms with Gasteiger partial charge in [-0.15, -0.1) is 0 Å². The molecule has 3 atom stereocenters. The zero-order valence-electron chi connectivity index (χ0n) is 20.0. The second-order valence-corrected chi connectivity index (χ2v) is 9.99. The summed E-state index contributed by atoms with van der Waals surface area (Å²) in [5.41, 5.74) is 11.7. The maximum atomic E-state index is 13.3. The summed E-state index contributed by atoms with van der Waals surface area (Å²) in [5, 5.41) is 7.70. The van der Waals surface area contributed by atoms with Gasteiger partial charge in [-0.3, -0.25) is 9.78 Å². The number of aryl methyl sites for hydroxylation is 1. The molecule has 7 rings (SSSR count). The molecule has 0 saturated carbocycles. The number of carbonyl (C=O) groups excluding carboxylic acids is 1. The van der Waals surface area contributed by atoms with Gasteiger partial charge in [0.1, 0.15) is 30.1 Å². The fourth-order valence-corrected chi connectivity index (χ4v) is 5.81. The van der Waals surface area contributed by atoms with Crippen LogP contribution in [0.1, 0.15) is 63.9 Å². The van der Waals surface area contributed by atoms with E-state index in [1.54, 1.807) is 23.0 Å². The largest absolute Gasteiger partial charge is 0.489 e. The second-order valence-electron chi connectivity index (χ2n) is 9.99. The molecule has 3 aromatic heterocycles. The van der Waals surface area contributed by atoms with Crippen LogP contribution in [0.2, 0.25) is 0 Å². The molecule has 0 spiro atoms. The van der Waals surface area contributed by atoms with Gasteiger partial charge in [-0.25, -0.2) is 9.50 Å². The number of hydrogen-bond acceptors (Lipinski definition) is 7. The second kappa shape index (κ2) is 7.45. The summed E-state index contributed by atoms with van der Waals surface area (Å²) < 4.78 is 38.8. The smallest absolute Gasteiger partial charge is 0.387 e. The number of carbonyl (C=O) groups is 1. The molecule has 0 saturated heterocycles. The minimum Gasteiger partial charge on any atom is -0.489 e. The molecule has 1 aliphatic carbocycles. The summed E-state index contributed by atoms with van der Waals surface area (Å²) in [5.74, 6) is -0.0770. The van der Waals surface area contributed by atoms with Gasteiger partial charge in [0.25, 0.3) is 5.91 Å². The summed E-state index contributed by atoms with van der Waals surface area (Å²) in [6.45, 7) is 1.11. The molecule has 0 radical (unpaired) electrons. The van der Waals surface area contributed by atoms with Crippen molar-refractivity contribution in [2.45, 2.75) is 44.4 Å². The number of pyridine rings is 1. The van der Waals surface area contributed by atoms with Crippen LogP contribution < -0.4 is 20.5 Å². The molecule has 11 heteroatoms. The third kappa shape index (κ3) is 3.16. The van der Waals surface area contributed by atoms with Gasteiger partial charge in [-0.2, -0.15) is 13.9 Å². The van der Waals surface area contributed by atoms with Crippen LogP contribution in [0, 0.1) is 6.92 Å². The first-order chi connectivity index (χ1) is 17.7. The Labute approximate surface area is 209 Å². The fourth-order valence-electron chi connectivity index (χ4n) is 5.81. The van der Waals surface area contributed by atoms with Crippen molar-refractivity contribution in [3.05, 3.63) is 70.4 Å². The monoisotopic (exact) mass is 504 g/mol. The van der Waals surface area contributed by atoms with Gasteiger partial charge in [-0.1, -0.05) is 6.07 Å². The number of nitrogens with one attached hydrogen (secondary N) is 1. The SMILES string of the molecule is Cc1nc2c(cc1-c1cc3c4c(nn3cn1)[C@H]1C[C@@H]4c3c(OC(F)F)cccc3C(=O)N1)OC[C@@]2(C)N. The first-order valence-corrected chi connectivity index (χ1v) is 11.9. The highest BCUT2D eigenvalue weighted by Gasteiger charge is 2.43. The Morgan fingerprint density at radius 1 is 1.27 bits per heavy atom. The molecule has 5 heterocycles. The molecule has 3 N–H and O–H groups in total. The van der Waals surface area contributed by atoms with E-state index < -0.39 is 12.2 Å². The van der Waals surface area contributed by atoms with Crippen LogP contribution in [0.4, 0.5) is 8.78 Å². The number of amides is 1. The van der Waals surface area contributed by atoms with Crippen molar-refractivity contribution in [3.8, 4) is 22.8 Å². The maximum absolute atomic E-state index is 13.3.